The van der Waals surface area contributed by atoms with Crippen molar-refractivity contribution in [2.24, 2.45) is 22.7 Å². The molecule has 25 heavy (non-hydrogen) atoms. The van der Waals surface area contributed by atoms with Crippen molar-refractivity contribution in [3.05, 3.63) is 23.8 Å². The van der Waals surface area contributed by atoms with Crippen molar-refractivity contribution in [2.75, 3.05) is 6.61 Å². The van der Waals surface area contributed by atoms with Crippen molar-refractivity contribution >= 4 is 5.97 Å². The molecule has 0 aromatic carbocycles. The van der Waals surface area contributed by atoms with Crippen LogP contribution in [-0.4, -0.2) is 24.3 Å². The lowest BCUT2D eigenvalue weighted by Gasteiger charge is -2.60. The third-order valence-corrected chi connectivity index (χ3v) is 7.99. The zero-order chi connectivity index (χ0) is 17.9. The molecule has 2 aliphatic carbocycles. The molecule has 4 rings (SSSR count). The first-order valence-corrected chi connectivity index (χ1v) is 10.0. The lowest BCUT2D eigenvalue weighted by molar-refractivity contribution is -0.149. The number of hydrogen-bond donors (Lipinski definition) is 0. The third-order valence-electron chi connectivity index (χ3n) is 7.99. The van der Waals surface area contributed by atoms with Gasteiger partial charge in [0.1, 0.15) is 6.61 Å². The largest absolute Gasteiger partial charge is 0.458 e. The van der Waals surface area contributed by atoms with Crippen LogP contribution in [0.25, 0.3) is 0 Å². The maximum atomic E-state index is 12.0. The van der Waals surface area contributed by atoms with Gasteiger partial charge in [-0.15, -0.1) is 0 Å². The van der Waals surface area contributed by atoms with Gasteiger partial charge in [0.25, 0.3) is 0 Å². The Labute approximate surface area is 151 Å². The number of hydrogen-bond acceptors (Lipinski definition) is 3. The van der Waals surface area contributed by atoms with Crippen LogP contribution >= 0.6 is 0 Å². The Balaban J connectivity index is 1.67. The van der Waals surface area contributed by atoms with Gasteiger partial charge in [0.2, 0.25) is 0 Å². The monoisotopic (exact) mass is 344 g/mol. The summed E-state index contributed by atoms with van der Waals surface area (Å²) in [5.74, 6) is 1.05. The summed E-state index contributed by atoms with van der Waals surface area (Å²) in [6.07, 6.45) is 13.7. The number of esters is 1. The highest BCUT2D eigenvalue weighted by atomic mass is 16.5. The number of carbonyl (C=O) groups excluding carboxylic acids is 1. The predicted octanol–water partition coefficient (Wildman–Crippen LogP) is 4.82. The summed E-state index contributed by atoms with van der Waals surface area (Å²) < 4.78 is 11.7. The molecule has 6 atom stereocenters. The number of ether oxygens (including phenoxy) is 2. The van der Waals surface area contributed by atoms with Crippen LogP contribution in [0, 0.1) is 22.7 Å². The molecule has 3 heteroatoms. The van der Waals surface area contributed by atoms with E-state index in [2.05, 4.69) is 39.8 Å². The normalized spacial score (nSPS) is 49.7. The fourth-order valence-electron chi connectivity index (χ4n) is 6.99. The van der Waals surface area contributed by atoms with E-state index >= 15 is 0 Å². The van der Waals surface area contributed by atoms with E-state index in [0.717, 1.165) is 18.4 Å². The molecule has 2 aliphatic heterocycles. The first-order chi connectivity index (χ1) is 11.8. The first-order valence-electron chi connectivity index (χ1n) is 10.0. The average Bonchev–Trinajstić information content (AvgIpc) is 3.11. The Bertz CT molecular complexity index is 635. The highest BCUT2D eigenvalue weighted by Gasteiger charge is 2.63. The summed E-state index contributed by atoms with van der Waals surface area (Å²) in [5.41, 5.74) is 1.25. The molecule has 4 aliphatic rings. The van der Waals surface area contributed by atoms with Crippen LogP contribution in [0.1, 0.15) is 66.2 Å². The van der Waals surface area contributed by atoms with E-state index in [-0.39, 0.29) is 23.1 Å². The van der Waals surface area contributed by atoms with Crippen LogP contribution in [0.2, 0.25) is 0 Å². The molecule has 0 spiro atoms. The molecule has 0 aromatic heterocycles. The van der Waals surface area contributed by atoms with Crippen LogP contribution in [-0.2, 0) is 14.3 Å². The van der Waals surface area contributed by atoms with Crippen LogP contribution in [0.4, 0.5) is 0 Å². The zero-order valence-corrected chi connectivity index (χ0v) is 16.1. The summed E-state index contributed by atoms with van der Waals surface area (Å²) in [4.78, 5) is 12.0. The summed E-state index contributed by atoms with van der Waals surface area (Å²) in [6.45, 7) is 9.82. The molecule has 2 heterocycles. The Morgan fingerprint density at radius 3 is 2.64 bits per heavy atom. The maximum Gasteiger partial charge on any atom is 0.336 e. The summed E-state index contributed by atoms with van der Waals surface area (Å²) >= 11 is 0. The molecule has 3 fully saturated rings. The van der Waals surface area contributed by atoms with Gasteiger partial charge in [-0.1, -0.05) is 32.4 Å². The van der Waals surface area contributed by atoms with E-state index in [1.807, 2.05) is 6.08 Å². The van der Waals surface area contributed by atoms with Crippen LogP contribution < -0.4 is 0 Å². The molecule has 0 amide bonds. The average molecular weight is 344 g/mol. The quantitative estimate of drug-likeness (QED) is 0.532. The fourth-order valence-corrected chi connectivity index (χ4v) is 6.99. The lowest BCUT2D eigenvalue weighted by atomic mass is 9.45. The van der Waals surface area contributed by atoms with Gasteiger partial charge in [-0.25, -0.2) is 4.79 Å². The van der Waals surface area contributed by atoms with Gasteiger partial charge in [-0.05, 0) is 74.7 Å². The number of carbonyl (C=O) groups is 1. The van der Waals surface area contributed by atoms with Crippen molar-refractivity contribution in [1.82, 2.24) is 0 Å². The summed E-state index contributed by atoms with van der Waals surface area (Å²) in [7, 11) is 0. The van der Waals surface area contributed by atoms with Gasteiger partial charge in [0.05, 0.1) is 17.3 Å². The SMILES string of the molecule is C/C=C/[C@]1(C)CCC[C@@]2(C)C3CC(C4=CCOC4=O)OC3(C)CCC21. The van der Waals surface area contributed by atoms with Crippen molar-refractivity contribution in [2.45, 2.75) is 77.9 Å². The van der Waals surface area contributed by atoms with Crippen LogP contribution in [0.15, 0.2) is 23.8 Å². The van der Waals surface area contributed by atoms with Gasteiger partial charge >= 0.3 is 5.97 Å². The van der Waals surface area contributed by atoms with E-state index in [1.54, 1.807) is 0 Å². The Morgan fingerprint density at radius 2 is 1.96 bits per heavy atom. The minimum absolute atomic E-state index is 0.0736. The van der Waals surface area contributed by atoms with Gasteiger partial charge in [0, 0.05) is 0 Å². The van der Waals surface area contributed by atoms with Gasteiger partial charge < -0.3 is 9.47 Å². The van der Waals surface area contributed by atoms with E-state index in [4.69, 9.17) is 9.47 Å². The van der Waals surface area contributed by atoms with E-state index in [9.17, 15) is 4.79 Å². The minimum Gasteiger partial charge on any atom is -0.458 e. The first kappa shape index (κ1) is 17.3. The van der Waals surface area contributed by atoms with Gasteiger partial charge in [-0.3, -0.25) is 0 Å². The molecule has 0 N–H and O–H groups in total. The van der Waals surface area contributed by atoms with E-state index in [0.29, 0.717) is 23.9 Å². The molecule has 0 radical (unpaired) electrons. The van der Waals surface area contributed by atoms with Crippen molar-refractivity contribution in [3.8, 4) is 0 Å². The number of cyclic esters (lactones) is 1. The second-order valence-corrected chi connectivity index (χ2v) is 9.42. The molecule has 3 nitrogen and oxygen atoms in total. The number of fused-ring (bicyclic) bond motifs is 3. The summed E-state index contributed by atoms with van der Waals surface area (Å²) in [6, 6.07) is 0. The van der Waals surface area contributed by atoms with Gasteiger partial charge in [-0.2, -0.15) is 0 Å². The summed E-state index contributed by atoms with van der Waals surface area (Å²) in [5, 5.41) is 0. The molecule has 2 saturated carbocycles. The fraction of sp³-hybridized carbons (Fsp3) is 0.773. The van der Waals surface area contributed by atoms with E-state index in [1.165, 1.54) is 25.7 Å². The molecule has 0 bridgehead atoms. The van der Waals surface area contributed by atoms with Crippen molar-refractivity contribution in [3.63, 3.8) is 0 Å². The number of rotatable bonds is 2. The Hall–Kier alpha value is -1.09. The minimum atomic E-state index is -0.170. The Morgan fingerprint density at radius 1 is 1.16 bits per heavy atom. The molecular formula is C22H32O3. The smallest absolute Gasteiger partial charge is 0.336 e. The van der Waals surface area contributed by atoms with E-state index < -0.39 is 0 Å². The standard InChI is InChI=1S/C22H32O3/c1-5-9-20(2)10-6-11-21(3)17(20)7-12-22(4)18(21)14-16(25-22)15-8-13-24-19(15)23/h5,8-9,16-18H,6-7,10-14H2,1-4H3/b9-5+/t16?,17?,18?,20-,21-,22?/m1/s1. The zero-order valence-electron chi connectivity index (χ0n) is 16.1. The third kappa shape index (κ3) is 2.45. The molecule has 138 valence electrons. The topological polar surface area (TPSA) is 35.5 Å². The molecule has 1 saturated heterocycles. The molecular weight excluding hydrogens is 312 g/mol. The van der Waals surface area contributed by atoms with Crippen molar-refractivity contribution < 1.29 is 14.3 Å². The molecule has 4 unspecified atom stereocenters. The maximum absolute atomic E-state index is 12.0. The Kier molecular flexibility index (Phi) is 3.95. The van der Waals surface area contributed by atoms with Crippen LogP contribution in [0.5, 0.6) is 0 Å². The predicted molar refractivity (Wildman–Crippen MR) is 98.0 cm³/mol. The number of allylic oxidation sites excluding steroid dienone is 2. The highest BCUT2D eigenvalue weighted by Crippen LogP contribution is 2.66. The second-order valence-electron chi connectivity index (χ2n) is 9.42. The highest BCUT2D eigenvalue weighted by molar-refractivity contribution is 5.91. The van der Waals surface area contributed by atoms with Gasteiger partial charge in [0.15, 0.2) is 0 Å². The lowest BCUT2D eigenvalue weighted by Crippen LogP contribution is -2.56. The van der Waals surface area contributed by atoms with Crippen LogP contribution in [0.3, 0.4) is 0 Å². The molecule has 0 aromatic rings. The van der Waals surface area contributed by atoms with Crippen molar-refractivity contribution in [1.29, 1.82) is 0 Å². The second kappa shape index (κ2) is 5.70.